The van der Waals surface area contributed by atoms with Crippen molar-refractivity contribution in [1.82, 2.24) is 14.8 Å². The van der Waals surface area contributed by atoms with Crippen molar-refractivity contribution in [3.63, 3.8) is 0 Å². The van der Waals surface area contributed by atoms with E-state index in [-0.39, 0.29) is 5.91 Å². The normalized spacial score (nSPS) is 14.4. The van der Waals surface area contributed by atoms with Gasteiger partial charge in [-0.1, -0.05) is 42.0 Å². The van der Waals surface area contributed by atoms with Gasteiger partial charge < -0.3 is 24.8 Å². The molecule has 9 nitrogen and oxygen atoms in total. The van der Waals surface area contributed by atoms with Crippen LogP contribution in [-0.4, -0.2) is 34.9 Å². The molecule has 1 aromatic heterocycles. The Labute approximate surface area is 221 Å². The minimum absolute atomic E-state index is 0.288. The Morgan fingerprint density at radius 2 is 1.79 bits per heavy atom. The highest BCUT2D eigenvalue weighted by molar-refractivity contribution is 6.06. The lowest BCUT2D eigenvalue weighted by Crippen LogP contribution is -2.31. The molecule has 1 unspecified atom stereocenters. The molecule has 5 rings (SSSR count). The van der Waals surface area contributed by atoms with Crippen LogP contribution in [0.15, 0.2) is 84.3 Å². The lowest BCUT2D eigenvalue weighted by molar-refractivity contribution is -0.113. The van der Waals surface area contributed by atoms with Gasteiger partial charge in [-0.25, -0.2) is 4.68 Å². The fourth-order valence-corrected chi connectivity index (χ4v) is 4.50. The summed E-state index contributed by atoms with van der Waals surface area (Å²) in [4.78, 5) is 18.0. The van der Waals surface area contributed by atoms with Gasteiger partial charge in [-0.3, -0.25) is 4.79 Å². The van der Waals surface area contributed by atoms with E-state index < -0.39 is 6.04 Å². The van der Waals surface area contributed by atoms with Crippen molar-refractivity contribution in [3.8, 4) is 17.2 Å². The molecule has 0 fully saturated rings. The molecule has 0 saturated heterocycles. The van der Waals surface area contributed by atoms with Crippen LogP contribution < -0.4 is 24.8 Å². The van der Waals surface area contributed by atoms with Crippen molar-refractivity contribution >= 4 is 17.5 Å². The fourth-order valence-electron chi connectivity index (χ4n) is 4.50. The highest BCUT2D eigenvalue weighted by Gasteiger charge is 2.33. The predicted molar refractivity (Wildman–Crippen MR) is 145 cm³/mol. The summed E-state index contributed by atoms with van der Waals surface area (Å²) in [6, 6.07) is 20.7. The summed E-state index contributed by atoms with van der Waals surface area (Å²) >= 11 is 0. The molecule has 0 bridgehead atoms. The summed E-state index contributed by atoms with van der Waals surface area (Å²) in [5.74, 6) is 2.13. The molecule has 1 atom stereocenters. The van der Waals surface area contributed by atoms with Crippen molar-refractivity contribution in [2.24, 2.45) is 0 Å². The molecule has 4 aromatic rings. The van der Waals surface area contributed by atoms with Crippen molar-refractivity contribution in [2.75, 3.05) is 24.9 Å². The van der Waals surface area contributed by atoms with Crippen LogP contribution in [0.4, 0.5) is 11.6 Å². The highest BCUT2D eigenvalue weighted by Crippen LogP contribution is 2.37. The van der Waals surface area contributed by atoms with Gasteiger partial charge in [-0.15, -0.1) is 0 Å². The number of fused-ring (bicyclic) bond motifs is 1. The molecule has 194 valence electrons. The lowest BCUT2D eigenvalue weighted by atomic mass is 9.95. The van der Waals surface area contributed by atoms with Crippen LogP contribution >= 0.6 is 0 Å². The molecule has 38 heavy (non-hydrogen) atoms. The minimum Gasteiger partial charge on any atom is -0.497 e. The Hall–Kier alpha value is -4.79. The van der Waals surface area contributed by atoms with Crippen molar-refractivity contribution in [3.05, 3.63) is 101 Å². The van der Waals surface area contributed by atoms with Gasteiger partial charge in [0.2, 0.25) is 5.95 Å². The molecule has 1 amide bonds. The monoisotopic (exact) mass is 511 g/mol. The number of aromatic nitrogens is 3. The number of nitrogens with one attached hydrogen (secondary N) is 2. The van der Waals surface area contributed by atoms with Crippen LogP contribution in [0, 0.1) is 6.92 Å². The van der Waals surface area contributed by atoms with Gasteiger partial charge in [0.05, 0.1) is 25.5 Å². The summed E-state index contributed by atoms with van der Waals surface area (Å²) in [6.07, 6.45) is 1.47. The Morgan fingerprint density at radius 3 is 2.53 bits per heavy atom. The first-order chi connectivity index (χ1) is 18.5. The number of benzene rings is 3. The summed E-state index contributed by atoms with van der Waals surface area (Å²) in [7, 11) is 3.12. The Morgan fingerprint density at radius 1 is 1.00 bits per heavy atom. The van der Waals surface area contributed by atoms with Gasteiger partial charge in [0, 0.05) is 11.8 Å². The third-order valence-corrected chi connectivity index (χ3v) is 6.38. The maximum Gasteiger partial charge on any atom is 0.255 e. The van der Waals surface area contributed by atoms with Gasteiger partial charge in [0.25, 0.3) is 5.91 Å². The number of ether oxygens (including phenoxy) is 3. The van der Waals surface area contributed by atoms with Crippen molar-refractivity contribution in [1.29, 1.82) is 0 Å². The number of hydrogen-bond donors (Lipinski definition) is 2. The van der Waals surface area contributed by atoms with E-state index in [0.29, 0.717) is 41.0 Å². The molecule has 0 radical (unpaired) electrons. The van der Waals surface area contributed by atoms with Crippen molar-refractivity contribution in [2.45, 2.75) is 26.5 Å². The van der Waals surface area contributed by atoms with Crippen LogP contribution in [-0.2, 0) is 11.4 Å². The standard InChI is InChI=1S/C29H29N5O4/c1-18-6-5-7-20(14-18)16-38-22-10-8-21(9-11-22)27-26(19(2)32-29-30-17-31-34(27)29)28(35)33-24-13-12-23(36-3)15-25(24)37-4/h5-15,17,27H,16H2,1-4H3,(H,33,35)(H,30,31,32). The quantitative estimate of drug-likeness (QED) is 0.339. The smallest absolute Gasteiger partial charge is 0.255 e. The highest BCUT2D eigenvalue weighted by atomic mass is 16.5. The number of allylic oxidation sites excluding steroid dienone is 1. The van der Waals surface area contributed by atoms with E-state index in [2.05, 4.69) is 39.8 Å². The van der Waals surface area contributed by atoms with Gasteiger partial charge in [-0.2, -0.15) is 10.1 Å². The fraction of sp³-hybridized carbons (Fsp3) is 0.207. The molecule has 9 heteroatoms. The maximum absolute atomic E-state index is 13.7. The molecule has 0 saturated carbocycles. The van der Waals surface area contributed by atoms with E-state index in [9.17, 15) is 4.79 Å². The Bertz CT molecular complexity index is 1490. The average Bonchev–Trinajstić information content (AvgIpc) is 3.39. The number of carbonyl (C=O) groups excluding carboxylic acids is 1. The van der Waals surface area contributed by atoms with Gasteiger partial charge in [-0.05, 0) is 49.2 Å². The third kappa shape index (κ3) is 5.04. The first-order valence-corrected chi connectivity index (χ1v) is 12.2. The molecule has 0 spiro atoms. The first-order valence-electron chi connectivity index (χ1n) is 12.2. The van der Waals surface area contributed by atoms with Gasteiger partial charge in [0.15, 0.2) is 0 Å². The van der Waals surface area contributed by atoms with Gasteiger partial charge >= 0.3 is 0 Å². The SMILES string of the molecule is COc1ccc(NC(=O)C2=C(C)Nc3ncnn3C2c2ccc(OCc3cccc(C)c3)cc2)c(OC)c1. The molecule has 2 heterocycles. The molecule has 1 aliphatic heterocycles. The van der Waals surface area contributed by atoms with Crippen molar-refractivity contribution < 1.29 is 19.0 Å². The van der Waals surface area contributed by atoms with Gasteiger partial charge in [0.1, 0.15) is 36.2 Å². The maximum atomic E-state index is 13.7. The summed E-state index contributed by atoms with van der Waals surface area (Å²) in [5.41, 5.74) is 4.88. The number of aryl methyl sites for hydroxylation is 1. The van der Waals surface area contributed by atoms with E-state index in [1.165, 1.54) is 11.9 Å². The molecular weight excluding hydrogens is 482 g/mol. The van der Waals surface area contributed by atoms with E-state index >= 15 is 0 Å². The molecular formula is C29H29N5O4. The minimum atomic E-state index is -0.496. The Kier molecular flexibility index (Phi) is 6.99. The topological polar surface area (TPSA) is 99.5 Å². The van der Waals surface area contributed by atoms with Crippen LogP contribution in [0.25, 0.3) is 0 Å². The molecule has 3 aromatic carbocycles. The van der Waals surface area contributed by atoms with Crippen LogP contribution in [0.5, 0.6) is 17.2 Å². The largest absolute Gasteiger partial charge is 0.497 e. The van der Waals surface area contributed by atoms with Crippen LogP contribution in [0.3, 0.4) is 0 Å². The van der Waals surface area contributed by atoms with E-state index in [0.717, 1.165) is 16.9 Å². The predicted octanol–water partition coefficient (Wildman–Crippen LogP) is 5.11. The first kappa shape index (κ1) is 24.9. The van der Waals surface area contributed by atoms with E-state index in [4.69, 9.17) is 14.2 Å². The van der Waals surface area contributed by atoms with Crippen LogP contribution in [0.2, 0.25) is 0 Å². The summed E-state index contributed by atoms with van der Waals surface area (Å²) in [5, 5.41) is 10.6. The average molecular weight is 512 g/mol. The number of hydrogen-bond acceptors (Lipinski definition) is 7. The second-order valence-electron chi connectivity index (χ2n) is 8.96. The summed E-state index contributed by atoms with van der Waals surface area (Å²) in [6.45, 7) is 4.38. The number of methoxy groups -OCH3 is 2. The zero-order chi connectivity index (χ0) is 26.6. The zero-order valence-electron chi connectivity index (χ0n) is 21.7. The zero-order valence-corrected chi connectivity index (χ0v) is 21.7. The third-order valence-electron chi connectivity index (χ3n) is 6.38. The number of nitrogens with zero attached hydrogens (tertiary/aromatic N) is 3. The number of anilines is 2. The second kappa shape index (κ2) is 10.7. The number of rotatable bonds is 8. The molecule has 2 N–H and O–H groups in total. The van der Waals surface area contributed by atoms with Crippen LogP contribution in [0.1, 0.15) is 29.7 Å². The lowest BCUT2D eigenvalue weighted by Gasteiger charge is -2.29. The number of amides is 1. The molecule has 1 aliphatic rings. The Balaban J connectivity index is 1.42. The molecule has 0 aliphatic carbocycles. The van der Waals surface area contributed by atoms with E-state index in [1.807, 2.05) is 43.3 Å². The number of carbonyl (C=O) groups is 1. The second-order valence-corrected chi connectivity index (χ2v) is 8.96. The van der Waals surface area contributed by atoms with E-state index in [1.54, 1.807) is 37.1 Å². The summed E-state index contributed by atoms with van der Waals surface area (Å²) < 4.78 is 18.4.